The Hall–Kier alpha value is -2.27. The van der Waals surface area contributed by atoms with E-state index in [0.29, 0.717) is 25.6 Å². The normalized spacial score (nSPS) is 12.2. The number of furan rings is 1. The Morgan fingerprint density at radius 2 is 1.88 bits per heavy atom. The monoisotopic (exact) mass is 330 g/mol. The first kappa shape index (κ1) is 18.1. The van der Waals surface area contributed by atoms with Gasteiger partial charge in [0.25, 0.3) is 0 Å². The minimum atomic E-state index is -0.281. The van der Waals surface area contributed by atoms with E-state index in [1.54, 1.807) is 12.3 Å². The molecule has 0 aliphatic heterocycles. The fourth-order valence-corrected chi connectivity index (χ4v) is 2.07. The van der Waals surface area contributed by atoms with E-state index >= 15 is 0 Å². The van der Waals surface area contributed by atoms with Gasteiger partial charge >= 0.3 is 0 Å². The predicted octanol–water partition coefficient (Wildman–Crippen LogP) is 3.11. The molecule has 1 amide bonds. The molecule has 0 aliphatic carbocycles. The van der Waals surface area contributed by atoms with Gasteiger partial charge in [0.1, 0.15) is 11.5 Å². The summed E-state index contributed by atoms with van der Waals surface area (Å²) in [6.45, 7) is 7.83. The maximum atomic E-state index is 12.0. The Bertz CT molecular complexity index is 606. The van der Waals surface area contributed by atoms with E-state index in [4.69, 9.17) is 9.15 Å². The number of rotatable bonds is 9. The lowest BCUT2D eigenvalue weighted by Crippen LogP contribution is -2.41. The van der Waals surface area contributed by atoms with Gasteiger partial charge in [0.05, 0.1) is 25.5 Å². The lowest BCUT2D eigenvalue weighted by molar-refractivity contribution is -0.123. The highest BCUT2D eigenvalue weighted by molar-refractivity contribution is 5.81. The van der Waals surface area contributed by atoms with Crippen molar-refractivity contribution in [2.24, 2.45) is 5.92 Å². The molecule has 0 radical (unpaired) electrons. The van der Waals surface area contributed by atoms with Crippen molar-refractivity contribution in [1.82, 2.24) is 10.6 Å². The Kier molecular flexibility index (Phi) is 6.88. The van der Waals surface area contributed by atoms with Crippen LogP contribution >= 0.6 is 0 Å². The minimum absolute atomic E-state index is 0.0525. The van der Waals surface area contributed by atoms with Gasteiger partial charge in [-0.05, 0) is 42.7 Å². The molecule has 0 aliphatic rings. The third-order valence-electron chi connectivity index (χ3n) is 3.53. The van der Waals surface area contributed by atoms with Gasteiger partial charge < -0.3 is 19.8 Å². The van der Waals surface area contributed by atoms with Crippen LogP contribution in [-0.4, -0.2) is 18.6 Å². The van der Waals surface area contributed by atoms with Gasteiger partial charge in [0.15, 0.2) is 0 Å². The van der Waals surface area contributed by atoms with Crippen LogP contribution < -0.4 is 15.4 Å². The summed E-state index contributed by atoms with van der Waals surface area (Å²) in [6, 6.07) is 11.3. The number of carbonyl (C=O) groups is 1. The fourth-order valence-electron chi connectivity index (χ4n) is 2.07. The molecule has 2 rings (SSSR count). The van der Waals surface area contributed by atoms with Crippen molar-refractivity contribution < 1.29 is 13.9 Å². The molecule has 0 saturated heterocycles. The first-order valence-electron chi connectivity index (χ1n) is 8.30. The van der Waals surface area contributed by atoms with Crippen molar-refractivity contribution in [3.05, 3.63) is 54.0 Å². The maximum absolute atomic E-state index is 12.0. The highest BCUT2D eigenvalue weighted by Crippen LogP contribution is 2.13. The average molecular weight is 330 g/mol. The second-order valence-corrected chi connectivity index (χ2v) is 6.25. The van der Waals surface area contributed by atoms with Gasteiger partial charge in [-0.2, -0.15) is 0 Å². The van der Waals surface area contributed by atoms with Crippen molar-refractivity contribution in [2.75, 3.05) is 6.61 Å². The lowest BCUT2D eigenvalue weighted by Gasteiger charge is -2.14. The van der Waals surface area contributed by atoms with Crippen molar-refractivity contribution in [3.63, 3.8) is 0 Å². The molecule has 2 N–H and O–H groups in total. The molecule has 0 spiro atoms. The molecular weight excluding hydrogens is 304 g/mol. The number of ether oxygens (including phenoxy) is 1. The van der Waals surface area contributed by atoms with Crippen LogP contribution in [0.15, 0.2) is 47.1 Å². The Labute approximate surface area is 143 Å². The first-order valence-corrected chi connectivity index (χ1v) is 8.30. The van der Waals surface area contributed by atoms with Gasteiger partial charge in [-0.15, -0.1) is 0 Å². The molecule has 1 aromatic heterocycles. The third-order valence-corrected chi connectivity index (χ3v) is 3.53. The SMILES string of the molecule is CC(C)COc1ccc(CNC(C)C(=O)NCc2ccco2)cc1. The van der Waals surface area contributed by atoms with Crippen LogP contribution in [0.1, 0.15) is 32.1 Å². The molecule has 0 bridgehead atoms. The van der Waals surface area contributed by atoms with Crippen molar-refractivity contribution in [2.45, 2.75) is 39.9 Å². The average Bonchev–Trinajstić information content (AvgIpc) is 3.10. The minimum Gasteiger partial charge on any atom is -0.493 e. The highest BCUT2D eigenvalue weighted by Gasteiger charge is 2.12. The van der Waals surface area contributed by atoms with Gasteiger partial charge in [-0.3, -0.25) is 4.79 Å². The highest BCUT2D eigenvalue weighted by atomic mass is 16.5. The van der Waals surface area contributed by atoms with E-state index in [2.05, 4.69) is 24.5 Å². The van der Waals surface area contributed by atoms with Crippen LogP contribution in [0.25, 0.3) is 0 Å². The number of hydrogen-bond donors (Lipinski definition) is 2. The third kappa shape index (κ3) is 6.08. The van der Waals surface area contributed by atoms with Crippen LogP contribution in [0.2, 0.25) is 0 Å². The van der Waals surface area contributed by atoms with Crippen LogP contribution in [-0.2, 0) is 17.9 Å². The smallest absolute Gasteiger partial charge is 0.237 e. The summed E-state index contributed by atoms with van der Waals surface area (Å²) in [4.78, 5) is 12.0. The second-order valence-electron chi connectivity index (χ2n) is 6.25. The molecule has 1 heterocycles. The van der Waals surface area contributed by atoms with E-state index in [-0.39, 0.29) is 11.9 Å². The van der Waals surface area contributed by atoms with E-state index in [1.807, 2.05) is 37.3 Å². The molecule has 24 heavy (non-hydrogen) atoms. The van der Waals surface area contributed by atoms with Crippen molar-refractivity contribution in [1.29, 1.82) is 0 Å². The zero-order valence-electron chi connectivity index (χ0n) is 14.5. The van der Waals surface area contributed by atoms with E-state index in [9.17, 15) is 4.79 Å². The molecule has 5 heteroatoms. The predicted molar refractivity (Wildman–Crippen MR) is 93.6 cm³/mol. The molecule has 130 valence electrons. The standard InChI is InChI=1S/C19H26N2O3/c1-14(2)13-24-17-8-6-16(7-9-17)11-20-15(3)19(22)21-12-18-5-4-10-23-18/h4-10,14-15,20H,11-13H2,1-3H3,(H,21,22). The lowest BCUT2D eigenvalue weighted by atomic mass is 10.2. The Morgan fingerprint density at radius 1 is 1.12 bits per heavy atom. The molecule has 5 nitrogen and oxygen atoms in total. The first-order chi connectivity index (χ1) is 11.5. The molecule has 2 aromatic rings. The maximum Gasteiger partial charge on any atom is 0.237 e. The summed E-state index contributed by atoms with van der Waals surface area (Å²) in [5.74, 6) is 2.07. The van der Waals surface area contributed by atoms with E-state index in [1.165, 1.54) is 0 Å². The number of amides is 1. The molecule has 0 saturated carbocycles. The zero-order valence-corrected chi connectivity index (χ0v) is 14.5. The summed E-state index contributed by atoms with van der Waals surface area (Å²) in [7, 11) is 0. The Balaban J connectivity index is 1.72. The van der Waals surface area contributed by atoms with Crippen LogP contribution in [0.3, 0.4) is 0 Å². The van der Waals surface area contributed by atoms with Crippen LogP contribution in [0, 0.1) is 5.92 Å². The summed E-state index contributed by atoms with van der Waals surface area (Å²) in [5.41, 5.74) is 1.11. The van der Waals surface area contributed by atoms with Gasteiger partial charge in [-0.25, -0.2) is 0 Å². The molecule has 0 fully saturated rings. The second kappa shape index (κ2) is 9.13. The van der Waals surface area contributed by atoms with Crippen molar-refractivity contribution >= 4 is 5.91 Å². The molecule has 1 atom stereocenters. The van der Waals surface area contributed by atoms with Crippen molar-refractivity contribution in [3.8, 4) is 5.75 Å². The summed E-state index contributed by atoms with van der Waals surface area (Å²) >= 11 is 0. The van der Waals surface area contributed by atoms with Gasteiger partial charge in [0, 0.05) is 6.54 Å². The topological polar surface area (TPSA) is 63.5 Å². The summed E-state index contributed by atoms with van der Waals surface area (Å²) in [6.07, 6.45) is 1.59. The summed E-state index contributed by atoms with van der Waals surface area (Å²) < 4.78 is 10.9. The Morgan fingerprint density at radius 3 is 2.50 bits per heavy atom. The molecule has 1 aromatic carbocycles. The number of nitrogens with one attached hydrogen (secondary N) is 2. The molecule has 1 unspecified atom stereocenters. The number of hydrogen-bond acceptors (Lipinski definition) is 4. The van der Waals surface area contributed by atoms with Gasteiger partial charge in [0.2, 0.25) is 5.91 Å². The van der Waals surface area contributed by atoms with E-state index in [0.717, 1.165) is 17.1 Å². The van der Waals surface area contributed by atoms with Crippen LogP contribution in [0.4, 0.5) is 0 Å². The summed E-state index contributed by atoms with van der Waals surface area (Å²) in [5, 5.41) is 6.06. The zero-order chi connectivity index (χ0) is 17.4. The van der Waals surface area contributed by atoms with Gasteiger partial charge in [-0.1, -0.05) is 26.0 Å². The van der Waals surface area contributed by atoms with E-state index < -0.39 is 0 Å². The van der Waals surface area contributed by atoms with Crippen LogP contribution in [0.5, 0.6) is 5.75 Å². The number of benzene rings is 1. The largest absolute Gasteiger partial charge is 0.493 e. The fraction of sp³-hybridized carbons (Fsp3) is 0.421. The number of carbonyl (C=O) groups excluding carboxylic acids is 1. The molecular formula is C19H26N2O3. The quantitative estimate of drug-likeness (QED) is 0.741.